The van der Waals surface area contributed by atoms with Crippen molar-refractivity contribution in [1.29, 1.82) is 0 Å². The van der Waals surface area contributed by atoms with Crippen LogP contribution in [0, 0.1) is 0 Å². The zero-order valence-corrected chi connectivity index (χ0v) is 12.2. The van der Waals surface area contributed by atoms with Gasteiger partial charge >= 0.3 is 0 Å². The van der Waals surface area contributed by atoms with E-state index in [1.54, 1.807) is 0 Å². The van der Waals surface area contributed by atoms with Gasteiger partial charge in [-0.2, -0.15) is 0 Å². The lowest BCUT2D eigenvalue weighted by molar-refractivity contribution is 0.607. The van der Waals surface area contributed by atoms with Crippen molar-refractivity contribution in [2.45, 2.75) is 65.2 Å². The third kappa shape index (κ3) is 6.68. The van der Waals surface area contributed by atoms with Crippen molar-refractivity contribution in [3.05, 3.63) is 29.8 Å². The van der Waals surface area contributed by atoms with E-state index in [2.05, 4.69) is 43.4 Å². The Morgan fingerprint density at radius 3 is 2.11 bits per heavy atom. The summed E-state index contributed by atoms with van der Waals surface area (Å²) < 4.78 is 0. The second kappa shape index (κ2) is 9.99. The first-order valence-electron chi connectivity index (χ1n) is 7.69. The summed E-state index contributed by atoms with van der Waals surface area (Å²) in [6.45, 7) is 5.53. The fraction of sp³-hybridized carbons (Fsp3) is 0.647. The second-order valence-corrected chi connectivity index (χ2v) is 5.14. The van der Waals surface area contributed by atoms with Crippen LogP contribution in [0.25, 0.3) is 0 Å². The van der Waals surface area contributed by atoms with Gasteiger partial charge in [0.1, 0.15) is 0 Å². The maximum Gasteiger partial charge on any atom is 0.0340 e. The molecule has 0 saturated heterocycles. The van der Waals surface area contributed by atoms with E-state index in [0.29, 0.717) is 0 Å². The second-order valence-electron chi connectivity index (χ2n) is 5.14. The number of benzene rings is 1. The molecule has 0 heterocycles. The molecule has 0 unspecified atom stereocenters. The number of unbranched alkanes of at least 4 members (excludes halogenated alkanes) is 5. The summed E-state index contributed by atoms with van der Waals surface area (Å²) in [5.74, 6) is 0. The Hall–Kier alpha value is -0.980. The highest BCUT2D eigenvalue weighted by Gasteiger charge is 1.95. The predicted molar refractivity (Wildman–Crippen MR) is 82.3 cm³/mol. The number of hydrogen-bond acceptors (Lipinski definition) is 1. The Balaban J connectivity index is 2.14. The van der Waals surface area contributed by atoms with E-state index in [-0.39, 0.29) is 0 Å². The summed E-state index contributed by atoms with van der Waals surface area (Å²) in [4.78, 5) is 0. The van der Waals surface area contributed by atoms with E-state index in [1.165, 1.54) is 62.6 Å². The van der Waals surface area contributed by atoms with E-state index in [9.17, 15) is 0 Å². The van der Waals surface area contributed by atoms with Crippen LogP contribution in [0.15, 0.2) is 24.3 Å². The number of aryl methyl sites for hydroxylation is 1. The van der Waals surface area contributed by atoms with Gasteiger partial charge in [-0.05, 0) is 37.0 Å². The summed E-state index contributed by atoms with van der Waals surface area (Å²) in [5.41, 5.74) is 2.73. The molecule has 0 aliphatic carbocycles. The van der Waals surface area contributed by atoms with Gasteiger partial charge < -0.3 is 5.32 Å². The average molecular weight is 247 g/mol. The van der Waals surface area contributed by atoms with Crippen LogP contribution >= 0.6 is 0 Å². The molecular weight excluding hydrogens is 218 g/mol. The molecular formula is C17H29N. The van der Waals surface area contributed by atoms with Crippen LogP contribution in [0.5, 0.6) is 0 Å². The van der Waals surface area contributed by atoms with Gasteiger partial charge in [0.15, 0.2) is 0 Å². The molecule has 0 amide bonds. The Kier molecular flexibility index (Phi) is 8.37. The minimum atomic E-state index is 1.07. The molecule has 1 aromatic rings. The van der Waals surface area contributed by atoms with Gasteiger partial charge in [0.05, 0.1) is 0 Å². The number of rotatable bonds is 10. The molecule has 0 saturated carbocycles. The molecule has 0 radical (unpaired) electrons. The lowest BCUT2D eigenvalue weighted by Crippen LogP contribution is -1.99. The smallest absolute Gasteiger partial charge is 0.0340 e. The van der Waals surface area contributed by atoms with E-state index in [1.807, 2.05) is 0 Å². The minimum Gasteiger partial charge on any atom is -0.385 e. The largest absolute Gasteiger partial charge is 0.385 e. The third-order valence-corrected chi connectivity index (χ3v) is 3.35. The summed E-state index contributed by atoms with van der Waals surface area (Å²) >= 11 is 0. The summed E-state index contributed by atoms with van der Waals surface area (Å²) in [6.07, 6.45) is 10.7. The van der Waals surface area contributed by atoms with E-state index in [4.69, 9.17) is 0 Å². The van der Waals surface area contributed by atoms with Crippen LogP contribution in [0.1, 0.15) is 64.4 Å². The quantitative estimate of drug-likeness (QED) is 0.545. The van der Waals surface area contributed by atoms with Crippen molar-refractivity contribution in [1.82, 2.24) is 0 Å². The van der Waals surface area contributed by atoms with Crippen molar-refractivity contribution in [2.24, 2.45) is 0 Å². The van der Waals surface area contributed by atoms with E-state index >= 15 is 0 Å². The molecule has 102 valence electrons. The van der Waals surface area contributed by atoms with E-state index in [0.717, 1.165) is 6.54 Å². The highest BCUT2D eigenvalue weighted by Crippen LogP contribution is 2.13. The van der Waals surface area contributed by atoms with Crippen molar-refractivity contribution < 1.29 is 0 Å². The molecule has 1 heteroatoms. The summed E-state index contributed by atoms with van der Waals surface area (Å²) in [5, 5.41) is 3.41. The fourth-order valence-corrected chi connectivity index (χ4v) is 2.17. The van der Waals surface area contributed by atoms with Crippen LogP contribution in [0.3, 0.4) is 0 Å². The molecule has 0 bridgehead atoms. The highest BCUT2D eigenvalue weighted by atomic mass is 14.9. The Morgan fingerprint density at radius 2 is 1.44 bits per heavy atom. The first kappa shape index (κ1) is 15.1. The van der Waals surface area contributed by atoms with Gasteiger partial charge in [-0.3, -0.25) is 0 Å². The van der Waals surface area contributed by atoms with Crippen molar-refractivity contribution in [2.75, 3.05) is 11.9 Å². The molecule has 0 aromatic heterocycles. The third-order valence-electron chi connectivity index (χ3n) is 3.35. The van der Waals surface area contributed by atoms with Crippen LogP contribution in [-0.2, 0) is 6.42 Å². The fourth-order valence-electron chi connectivity index (χ4n) is 2.17. The van der Waals surface area contributed by atoms with Crippen LogP contribution in [0.4, 0.5) is 5.69 Å². The Labute approximate surface area is 113 Å². The molecule has 1 nitrogen and oxygen atoms in total. The molecule has 0 spiro atoms. The SMILES string of the molecule is CCCCCCCCc1ccc(NCCC)cc1. The summed E-state index contributed by atoms with van der Waals surface area (Å²) in [6, 6.07) is 8.96. The van der Waals surface area contributed by atoms with Gasteiger partial charge in [-0.15, -0.1) is 0 Å². The van der Waals surface area contributed by atoms with Crippen LogP contribution in [0.2, 0.25) is 0 Å². The standard InChI is InChI=1S/C17H29N/c1-3-5-6-7-8-9-10-16-11-13-17(14-12-16)18-15-4-2/h11-14,18H,3-10,15H2,1-2H3. The first-order valence-corrected chi connectivity index (χ1v) is 7.69. The molecule has 1 N–H and O–H groups in total. The lowest BCUT2D eigenvalue weighted by atomic mass is 10.0. The molecule has 0 aliphatic rings. The van der Waals surface area contributed by atoms with Gasteiger partial charge in [0, 0.05) is 12.2 Å². The monoisotopic (exact) mass is 247 g/mol. The van der Waals surface area contributed by atoms with Crippen molar-refractivity contribution >= 4 is 5.69 Å². The maximum absolute atomic E-state index is 3.41. The van der Waals surface area contributed by atoms with E-state index < -0.39 is 0 Å². The van der Waals surface area contributed by atoms with Crippen molar-refractivity contribution in [3.8, 4) is 0 Å². The summed E-state index contributed by atoms with van der Waals surface area (Å²) in [7, 11) is 0. The highest BCUT2D eigenvalue weighted by molar-refractivity contribution is 5.44. The van der Waals surface area contributed by atoms with Gasteiger partial charge in [-0.25, -0.2) is 0 Å². The molecule has 18 heavy (non-hydrogen) atoms. The Bertz CT molecular complexity index is 289. The minimum absolute atomic E-state index is 1.07. The molecule has 0 atom stereocenters. The zero-order valence-electron chi connectivity index (χ0n) is 12.2. The van der Waals surface area contributed by atoms with Gasteiger partial charge in [0.2, 0.25) is 0 Å². The lowest BCUT2D eigenvalue weighted by Gasteiger charge is -2.06. The normalized spacial score (nSPS) is 10.6. The molecule has 1 aromatic carbocycles. The first-order chi connectivity index (χ1) is 8.86. The number of anilines is 1. The maximum atomic E-state index is 3.41. The van der Waals surface area contributed by atoms with Crippen LogP contribution < -0.4 is 5.32 Å². The molecule has 0 fully saturated rings. The van der Waals surface area contributed by atoms with Gasteiger partial charge in [0.25, 0.3) is 0 Å². The molecule has 1 rings (SSSR count). The predicted octanol–water partition coefficient (Wildman–Crippen LogP) is 5.41. The topological polar surface area (TPSA) is 12.0 Å². The Morgan fingerprint density at radius 1 is 0.778 bits per heavy atom. The number of nitrogens with one attached hydrogen (secondary N) is 1. The molecule has 0 aliphatic heterocycles. The zero-order chi connectivity index (χ0) is 13.1. The average Bonchev–Trinajstić information content (AvgIpc) is 2.42. The van der Waals surface area contributed by atoms with Gasteiger partial charge in [-0.1, -0.05) is 58.1 Å². The van der Waals surface area contributed by atoms with Crippen molar-refractivity contribution in [3.63, 3.8) is 0 Å². The number of hydrogen-bond donors (Lipinski definition) is 1. The van der Waals surface area contributed by atoms with Crippen LogP contribution in [-0.4, -0.2) is 6.54 Å².